The summed E-state index contributed by atoms with van der Waals surface area (Å²) in [6, 6.07) is 17.9. The van der Waals surface area contributed by atoms with E-state index in [0.29, 0.717) is 18.7 Å². The molecule has 4 rings (SSSR count). The molecule has 0 aliphatic carbocycles. The van der Waals surface area contributed by atoms with Gasteiger partial charge in [0.15, 0.2) is 0 Å². The van der Waals surface area contributed by atoms with Crippen LogP contribution in [0.15, 0.2) is 60.8 Å². The Morgan fingerprint density at radius 1 is 0.958 bits per heavy atom. The van der Waals surface area contributed by atoms with Gasteiger partial charge in [0.05, 0.1) is 23.4 Å². The van der Waals surface area contributed by atoms with E-state index in [1.165, 1.54) is 0 Å². The van der Waals surface area contributed by atoms with Crippen LogP contribution in [0.2, 0.25) is 0 Å². The standard InChI is InChI=1S/C19H17FN4/c20-11-5-12-21-15-7-2-1-6-14(15)16-10-13-24-18-9-4-3-8-17(18)23-19(24)22-16/h1-4,6-10,13,21H,5,11-12H2. The Morgan fingerprint density at radius 3 is 2.71 bits per heavy atom. The Hall–Kier alpha value is -2.95. The molecule has 2 heterocycles. The van der Waals surface area contributed by atoms with Gasteiger partial charge >= 0.3 is 0 Å². The second kappa shape index (κ2) is 6.28. The zero-order valence-corrected chi connectivity index (χ0v) is 13.1. The Bertz CT molecular complexity index is 993. The van der Waals surface area contributed by atoms with E-state index in [2.05, 4.69) is 10.3 Å². The highest BCUT2D eigenvalue weighted by Crippen LogP contribution is 2.27. The predicted octanol–water partition coefficient (Wildman–Crippen LogP) is 4.32. The van der Waals surface area contributed by atoms with Crippen molar-refractivity contribution in [2.24, 2.45) is 0 Å². The fourth-order valence-corrected chi connectivity index (χ4v) is 2.85. The molecule has 0 fully saturated rings. The van der Waals surface area contributed by atoms with Crippen molar-refractivity contribution < 1.29 is 4.39 Å². The first kappa shape index (κ1) is 14.6. The molecule has 0 unspecified atom stereocenters. The molecular formula is C19H17FN4. The number of imidazole rings is 1. The second-order valence-corrected chi connectivity index (χ2v) is 5.60. The van der Waals surface area contributed by atoms with Crippen molar-refractivity contribution in [3.63, 3.8) is 0 Å². The highest BCUT2D eigenvalue weighted by molar-refractivity contribution is 5.81. The summed E-state index contributed by atoms with van der Waals surface area (Å²) in [4.78, 5) is 9.30. The molecule has 1 N–H and O–H groups in total. The SMILES string of the molecule is FCCCNc1ccccc1-c1ccn2c(n1)nc1ccccc12. The number of anilines is 1. The number of benzene rings is 2. The largest absolute Gasteiger partial charge is 0.384 e. The summed E-state index contributed by atoms with van der Waals surface area (Å²) in [5.74, 6) is 0.673. The van der Waals surface area contributed by atoms with Gasteiger partial charge in [0.1, 0.15) is 0 Å². The van der Waals surface area contributed by atoms with Gasteiger partial charge in [-0.05, 0) is 30.7 Å². The quantitative estimate of drug-likeness (QED) is 0.557. The first-order valence-corrected chi connectivity index (χ1v) is 8.00. The van der Waals surface area contributed by atoms with Crippen LogP contribution in [-0.2, 0) is 0 Å². The molecule has 0 saturated carbocycles. The fourth-order valence-electron chi connectivity index (χ4n) is 2.85. The summed E-state index contributed by atoms with van der Waals surface area (Å²) in [6.07, 6.45) is 2.48. The predicted molar refractivity (Wildman–Crippen MR) is 95.0 cm³/mol. The average molecular weight is 320 g/mol. The Balaban J connectivity index is 1.78. The summed E-state index contributed by atoms with van der Waals surface area (Å²) in [7, 11) is 0. The van der Waals surface area contributed by atoms with Gasteiger partial charge in [-0.15, -0.1) is 0 Å². The molecule has 24 heavy (non-hydrogen) atoms. The molecule has 0 radical (unpaired) electrons. The molecule has 4 aromatic rings. The normalized spacial score (nSPS) is 11.2. The fraction of sp³-hybridized carbons (Fsp3) is 0.158. The van der Waals surface area contributed by atoms with Crippen LogP contribution in [0, 0.1) is 0 Å². The van der Waals surface area contributed by atoms with Crippen LogP contribution in [0.4, 0.5) is 10.1 Å². The van der Waals surface area contributed by atoms with Crippen LogP contribution in [0.1, 0.15) is 6.42 Å². The third kappa shape index (κ3) is 2.58. The van der Waals surface area contributed by atoms with Crippen LogP contribution in [0.25, 0.3) is 28.1 Å². The number of nitrogens with zero attached hydrogens (tertiary/aromatic N) is 3. The van der Waals surface area contributed by atoms with Crippen LogP contribution < -0.4 is 5.32 Å². The molecule has 5 heteroatoms. The van der Waals surface area contributed by atoms with Gasteiger partial charge in [0.25, 0.3) is 0 Å². The number of hydrogen-bond donors (Lipinski definition) is 1. The van der Waals surface area contributed by atoms with Gasteiger partial charge in [-0.3, -0.25) is 8.79 Å². The third-order valence-corrected chi connectivity index (χ3v) is 4.01. The number of para-hydroxylation sites is 3. The Morgan fingerprint density at radius 2 is 1.79 bits per heavy atom. The van der Waals surface area contributed by atoms with Crippen LogP contribution >= 0.6 is 0 Å². The lowest BCUT2D eigenvalue weighted by molar-refractivity contribution is 0.481. The lowest BCUT2D eigenvalue weighted by Crippen LogP contribution is -2.04. The second-order valence-electron chi connectivity index (χ2n) is 5.60. The van der Waals surface area contributed by atoms with Crippen molar-refractivity contribution in [3.05, 3.63) is 60.8 Å². The van der Waals surface area contributed by atoms with Crippen molar-refractivity contribution in [2.45, 2.75) is 6.42 Å². The topological polar surface area (TPSA) is 42.2 Å². The van der Waals surface area contributed by atoms with E-state index in [0.717, 1.165) is 28.0 Å². The summed E-state index contributed by atoms with van der Waals surface area (Å²) < 4.78 is 14.3. The van der Waals surface area contributed by atoms with Crippen molar-refractivity contribution in [1.82, 2.24) is 14.4 Å². The highest BCUT2D eigenvalue weighted by Gasteiger charge is 2.09. The van der Waals surface area contributed by atoms with Gasteiger partial charge in [-0.25, -0.2) is 9.97 Å². The monoisotopic (exact) mass is 320 g/mol. The highest BCUT2D eigenvalue weighted by atomic mass is 19.1. The minimum absolute atomic E-state index is 0.319. The molecule has 0 atom stereocenters. The van der Waals surface area contributed by atoms with E-state index >= 15 is 0 Å². The van der Waals surface area contributed by atoms with Crippen LogP contribution in [0.3, 0.4) is 0 Å². The number of nitrogens with one attached hydrogen (secondary N) is 1. The summed E-state index contributed by atoms with van der Waals surface area (Å²) in [5, 5.41) is 3.28. The lowest BCUT2D eigenvalue weighted by atomic mass is 10.1. The van der Waals surface area contributed by atoms with Gasteiger partial charge in [0, 0.05) is 24.0 Å². The van der Waals surface area contributed by atoms with Gasteiger partial charge in [-0.2, -0.15) is 0 Å². The molecule has 0 amide bonds. The summed E-state index contributed by atoms with van der Waals surface area (Å²) in [6.45, 7) is 0.281. The minimum atomic E-state index is -0.319. The Kier molecular flexibility index (Phi) is 3.83. The molecule has 0 aliphatic rings. The van der Waals surface area contributed by atoms with Crippen molar-refractivity contribution in [1.29, 1.82) is 0 Å². The maximum Gasteiger partial charge on any atom is 0.235 e. The molecule has 0 spiro atoms. The van der Waals surface area contributed by atoms with E-state index < -0.39 is 0 Å². The zero-order valence-electron chi connectivity index (χ0n) is 13.1. The molecule has 2 aromatic heterocycles. The van der Waals surface area contributed by atoms with E-state index in [1.807, 2.05) is 65.2 Å². The van der Waals surface area contributed by atoms with Gasteiger partial charge < -0.3 is 5.32 Å². The number of aromatic nitrogens is 3. The summed E-state index contributed by atoms with van der Waals surface area (Å²) >= 11 is 0. The van der Waals surface area contributed by atoms with E-state index in [-0.39, 0.29) is 6.67 Å². The third-order valence-electron chi connectivity index (χ3n) is 4.01. The molecule has 0 aliphatic heterocycles. The number of alkyl halides is 1. The molecule has 4 nitrogen and oxygen atoms in total. The Labute approximate surface area is 139 Å². The van der Waals surface area contributed by atoms with Crippen molar-refractivity contribution >= 4 is 22.5 Å². The summed E-state index contributed by atoms with van der Waals surface area (Å²) in [5.41, 5.74) is 4.77. The number of rotatable bonds is 5. The van der Waals surface area contributed by atoms with E-state index in [9.17, 15) is 4.39 Å². The molecule has 2 aromatic carbocycles. The van der Waals surface area contributed by atoms with E-state index in [1.54, 1.807) is 0 Å². The van der Waals surface area contributed by atoms with Crippen LogP contribution in [-0.4, -0.2) is 27.6 Å². The van der Waals surface area contributed by atoms with E-state index in [4.69, 9.17) is 4.98 Å². The molecule has 0 saturated heterocycles. The van der Waals surface area contributed by atoms with Crippen LogP contribution in [0.5, 0.6) is 0 Å². The smallest absolute Gasteiger partial charge is 0.235 e. The minimum Gasteiger partial charge on any atom is -0.384 e. The molecule has 120 valence electrons. The molecule has 0 bridgehead atoms. The average Bonchev–Trinajstić information content (AvgIpc) is 3.00. The van der Waals surface area contributed by atoms with Gasteiger partial charge in [0.2, 0.25) is 5.78 Å². The first-order valence-electron chi connectivity index (χ1n) is 8.00. The lowest BCUT2D eigenvalue weighted by Gasteiger charge is -2.11. The maximum absolute atomic E-state index is 12.3. The van der Waals surface area contributed by atoms with Gasteiger partial charge in [-0.1, -0.05) is 30.3 Å². The van der Waals surface area contributed by atoms with Crippen molar-refractivity contribution in [3.8, 4) is 11.3 Å². The maximum atomic E-state index is 12.3. The number of halogens is 1. The first-order chi connectivity index (χ1) is 11.9. The number of hydrogen-bond acceptors (Lipinski definition) is 3. The molecular weight excluding hydrogens is 303 g/mol. The van der Waals surface area contributed by atoms with Crippen molar-refractivity contribution in [2.75, 3.05) is 18.5 Å². The zero-order chi connectivity index (χ0) is 16.4. The number of fused-ring (bicyclic) bond motifs is 3.